The number of nitrogens with one attached hydrogen (secondary N) is 1. The van der Waals surface area contributed by atoms with E-state index >= 15 is 0 Å². The molecule has 2 aromatic heterocycles. The van der Waals surface area contributed by atoms with Gasteiger partial charge in [0.1, 0.15) is 18.2 Å². The molecule has 1 atom stereocenters. The molecule has 1 aliphatic heterocycles. The maximum atomic E-state index is 14.0. The standard InChI is InChI=1S/C25H21ClFN5O3/c1-14-24-17(12-23(33)28-25(24)32(31-14)22-10-9-21(26)29-30-22)15-7-8-19(20(11-15)34-2)35-13-16-5-3-4-6-18(16)27/h3-11,17H,12-13H2,1-2H3,(H,28,33)/t17-/m0/s1. The van der Waals surface area contributed by atoms with Crippen molar-refractivity contribution in [1.82, 2.24) is 20.0 Å². The van der Waals surface area contributed by atoms with Crippen molar-refractivity contribution in [3.8, 4) is 17.3 Å². The molecule has 35 heavy (non-hydrogen) atoms. The monoisotopic (exact) mass is 493 g/mol. The van der Waals surface area contributed by atoms with Crippen molar-refractivity contribution < 1.29 is 18.7 Å². The van der Waals surface area contributed by atoms with Gasteiger partial charge in [0, 0.05) is 23.5 Å². The number of nitrogens with zero attached hydrogens (tertiary/aromatic N) is 4. The van der Waals surface area contributed by atoms with E-state index in [4.69, 9.17) is 21.1 Å². The molecule has 10 heteroatoms. The van der Waals surface area contributed by atoms with Gasteiger partial charge in [-0.15, -0.1) is 10.2 Å². The first kappa shape index (κ1) is 22.8. The molecule has 0 radical (unpaired) electrons. The fraction of sp³-hybridized carbons (Fsp3) is 0.200. The largest absolute Gasteiger partial charge is 0.493 e. The highest BCUT2D eigenvalue weighted by atomic mass is 35.5. The maximum Gasteiger partial charge on any atom is 0.226 e. The molecular formula is C25H21ClFN5O3. The molecule has 0 unspecified atom stereocenters. The van der Waals surface area contributed by atoms with Gasteiger partial charge in [0.2, 0.25) is 5.91 Å². The van der Waals surface area contributed by atoms with Crippen LogP contribution in [-0.4, -0.2) is 33.0 Å². The van der Waals surface area contributed by atoms with Crippen molar-refractivity contribution in [3.63, 3.8) is 0 Å². The van der Waals surface area contributed by atoms with Gasteiger partial charge in [-0.05, 0) is 42.8 Å². The topological polar surface area (TPSA) is 91.2 Å². The van der Waals surface area contributed by atoms with Gasteiger partial charge in [-0.1, -0.05) is 35.9 Å². The van der Waals surface area contributed by atoms with E-state index in [9.17, 15) is 9.18 Å². The Labute approximate surface area is 205 Å². The number of anilines is 1. The molecule has 2 aromatic carbocycles. The van der Waals surface area contributed by atoms with Crippen molar-refractivity contribution in [2.45, 2.75) is 25.9 Å². The van der Waals surface area contributed by atoms with Crippen LogP contribution in [0.3, 0.4) is 0 Å². The lowest BCUT2D eigenvalue weighted by molar-refractivity contribution is -0.116. The molecule has 4 aromatic rings. The van der Waals surface area contributed by atoms with Crippen molar-refractivity contribution >= 4 is 23.3 Å². The number of aromatic nitrogens is 4. The van der Waals surface area contributed by atoms with Gasteiger partial charge < -0.3 is 14.8 Å². The van der Waals surface area contributed by atoms with Gasteiger partial charge in [-0.3, -0.25) is 4.79 Å². The number of carbonyl (C=O) groups excluding carboxylic acids is 1. The number of carbonyl (C=O) groups is 1. The minimum Gasteiger partial charge on any atom is -0.493 e. The fourth-order valence-corrected chi connectivity index (χ4v) is 4.31. The summed E-state index contributed by atoms with van der Waals surface area (Å²) in [4.78, 5) is 12.7. The predicted molar refractivity (Wildman–Crippen MR) is 128 cm³/mol. The summed E-state index contributed by atoms with van der Waals surface area (Å²) in [6.45, 7) is 1.94. The van der Waals surface area contributed by atoms with Crippen molar-refractivity contribution in [3.05, 3.63) is 88.0 Å². The highest BCUT2D eigenvalue weighted by Crippen LogP contribution is 2.42. The van der Waals surface area contributed by atoms with Gasteiger partial charge in [-0.2, -0.15) is 9.78 Å². The Balaban J connectivity index is 1.48. The zero-order chi connectivity index (χ0) is 24.5. The van der Waals surface area contributed by atoms with E-state index < -0.39 is 0 Å². The first-order chi connectivity index (χ1) is 16.9. The Bertz CT molecular complexity index is 1410. The highest BCUT2D eigenvalue weighted by Gasteiger charge is 2.33. The van der Waals surface area contributed by atoms with E-state index in [0.717, 1.165) is 16.8 Å². The SMILES string of the molecule is COc1cc([C@@H]2CC(=O)Nc3c2c(C)nn3-c2ccc(Cl)nn2)ccc1OCc1ccccc1F. The van der Waals surface area contributed by atoms with E-state index in [2.05, 4.69) is 20.6 Å². The number of hydrogen-bond acceptors (Lipinski definition) is 6. The third-order valence-electron chi connectivity index (χ3n) is 5.87. The second-order valence-corrected chi connectivity index (χ2v) is 8.46. The Morgan fingerprint density at radius 1 is 1.14 bits per heavy atom. The molecule has 0 spiro atoms. The van der Waals surface area contributed by atoms with Crippen molar-refractivity contribution in [1.29, 1.82) is 0 Å². The predicted octanol–water partition coefficient (Wildman–Crippen LogP) is 4.82. The van der Waals surface area contributed by atoms with Crippen LogP contribution in [0.1, 0.15) is 34.7 Å². The Morgan fingerprint density at radius 3 is 2.71 bits per heavy atom. The molecule has 0 bridgehead atoms. The summed E-state index contributed by atoms with van der Waals surface area (Å²) in [7, 11) is 1.54. The number of methoxy groups -OCH3 is 1. The number of aryl methyl sites for hydroxylation is 1. The zero-order valence-corrected chi connectivity index (χ0v) is 19.7. The first-order valence-corrected chi connectivity index (χ1v) is 11.3. The Kier molecular flexibility index (Phi) is 6.08. The molecule has 178 valence electrons. The average molecular weight is 494 g/mol. The number of amides is 1. The van der Waals surface area contributed by atoms with E-state index in [1.807, 2.05) is 19.1 Å². The lowest BCUT2D eigenvalue weighted by Gasteiger charge is -2.25. The number of fused-ring (bicyclic) bond motifs is 1. The molecule has 1 aliphatic rings. The second-order valence-electron chi connectivity index (χ2n) is 8.07. The summed E-state index contributed by atoms with van der Waals surface area (Å²) in [5.41, 5.74) is 2.94. The normalized spacial score (nSPS) is 14.9. The van der Waals surface area contributed by atoms with Crippen LogP contribution in [-0.2, 0) is 11.4 Å². The number of hydrogen-bond donors (Lipinski definition) is 1. The smallest absolute Gasteiger partial charge is 0.226 e. The Morgan fingerprint density at radius 2 is 1.97 bits per heavy atom. The third-order valence-corrected chi connectivity index (χ3v) is 6.07. The maximum absolute atomic E-state index is 14.0. The first-order valence-electron chi connectivity index (χ1n) is 10.9. The van der Waals surface area contributed by atoms with Crippen LogP contribution in [0.25, 0.3) is 5.82 Å². The summed E-state index contributed by atoms with van der Waals surface area (Å²) in [6.07, 6.45) is 0.240. The van der Waals surface area contributed by atoms with Crippen LogP contribution in [0, 0.1) is 12.7 Å². The van der Waals surface area contributed by atoms with E-state index in [-0.39, 0.29) is 35.8 Å². The summed E-state index contributed by atoms with van der Waals surface area (Å²) in [5, 5.41) is 15.7. The lowest BCUT2D eigenvalue weighted by atomic mass is 9.85. The minimum atomic E-state index is -0.332. The highest BCUT2D eigenvalue weighted by molar-refractivity contribution is 6.29. The van der Waals surface area contributed by atoms with Gasteiger partial charge >= 0.3 is 0 Å². The number of rotatable bonds is 6. The number of benzene rings is 2. The van der Waals surface area contributed by atoms with Crippen molar-refractivity contribution in [2.75, 3.05) is 12.4 Å². The van der Waals surface area contributed by atoms with Crippen molar-refractivity contribution in [2.24, 2.45) is 0 Å². The number of halogens is 2. The van der Waals surface area contributed by atoms with Crippen LogP contribution in [0.15, 0.2) is 54.6 Å². The summed E-state index contributed by atoms with van der Waals surface area (Å²) >= 11 is 5.87. The molecule has 0 fully saturated rings. The summed E-state index contributed by atoms with van der Waals surface area (Å²) in [5.74, 6) is 1.20. The minimum absolute atomic E-state index is 0.0619. The quantitative estimate of drug-likeness (QED) is 0.414. The van der Waals surface area contributed by atoms with Gasteiger partial charge in [-0.25, -0.2) is 4.39 Å². The van der Waals surface area contributed by atoms with Gasteiger partial charge in [0.25, 0.3) is 0 Å². The van der Waals surface area contributed by atoms with Gasteiger partial charge in [0.15, 0.2) is 22.5 Å². The van der Waals surface area contributed by atoms with Crippen LogP contribution < -0.4 is 14.8 Å². The summed E-state index contributed by atoms with van der Waals surface area (Å²) in [6, 6.07) is 15.2. The molecule has 3 heterocycles. The molecule has 5 rings (SSSR count). The molecule has 1 amide bonds. The molecule has 8 nitrogen and oxygen atoms in total. The Hall–Kier alpha value is -3.98. The van der Waals surface area contributed by atoms with E-state index in [1.54, 1.807) is 41.1 Å². The molecule has 0 aliphatic carbocycles. The van der Waals surface area contributed by atoms with E-state index in [0.29, 0.717) is 28.7 Å². The lowest BCUT2D eigenvalue weighted by Crippen LogP contribution is -2.25. The molecule has 0 saturated carbocycles. The average Bonchev–Trinajstić information content (AvgIpc) is 3.19. The fourth-order valence-electron chi connectivity index (χ4n) is 4.21. The van der Waals surface area contributed by atoms with E-state index in [1.165, 1.54) is 13.2 Å². The van der Waals surface area contributed by atoms with Crippen LogP contribution in [0.4, 0.5) is 10.2 Å². The van der Waals surface area contributed by atoms with Gasteiger partial charge in [0.05, 0.1) is 12.8 Å². The van der Waals surface area contributed by atoms with Crippen LogP contribution in [0.2, 0.25) is 5.15 Å². The summed E-state index contributed by atoms with van der Waals surface area (Å²) < 4.78 is 26.9. The van der Waals surface area contributed by atoms with Crippen LogP contribution in [0.5, 0.6) is 11.5 Å². The molecular weight excluding hydrogens is 473 g/mol. The zero-order valence-electron chi connectivity index (χ0n) is 19.0. The second kappa shape index (κ2) is 9.34. The number of ether oxygens (including phenoxy) is 2. The molecule has 0 saturated heterocycles. The third kappa shape index (κ3) is 4.42. The molecule has 1 N–H and O–H groups in total. The van der Waals surface area contributed by atoms with Crippen LogP contribution >= 0.6 is 11.6 Å².